The summed E-state index contributed by atoms with van der Waals surface area (Å²) in [6.07, 6.45) is 17.1. The summed E-state index contributed by atoms with van der Waals surface area (Å²) in [5.74, 6) is 0. The molecule has 0 spiro atoms. The maximum absolute atomic E-state index is 8.88. The molecule has 23 heavy (non-hydrogen) atoms. The summed E-state index contributed by atoms with van der Waals surface area (Å²) >= 11 is 0. The van der Waals surface area contributed by atoms with Crippen LogP contribution in [0.5, 0.6) is 0 Å². The third-order valence-electron chi connectivity index (χ3n) is 4.08. The predicted octanol–water partition coefficient (Wildman–Crippen LogP) is 4.76. The SMILES string of the molecule is CCCCCCCCCCCCCC(C)(C)NC.O=P(O)(O)O. The fourth-order valence-electron chi connectivity index (χ4n) is 2.36. The van der Waals surface area contributed by atoms with Crippen LogP contribution in [0.2, 0.25) is 0 Å². The fourth-order valence-corrected chi connectivity index (χ4v) is 2.36. The first-order valence-corrected chi connectivity index (χ1v) is 10.7. The average molecular weight is 353 g/mol. The van der Waals surface area contributed by atoms with Crippen molar-refractivity contribution in [3.63, 3.8) is 0 Å². The molecule has 0 aliphatic rings. The monoisotopic (exact) mass is 353 g/mol. The topological polar surface area (TPSA) is 89.8 Å². The molecule has 0 aromatic carbocycles. The molecule has 6 heteroatoms. The first-order valence-electron chi connectivity index (χ1n) is 9.09. The van der Waals surface area contributed by atoms with Gasteiger partial charge in [-0.25, -0.2) is 4.57 Å². The summed E-state index contributed by atoms with van der Waals surface area (Å²) in [5, 5.41) is 3.38. The zero-order chi connectivity index (χ0) is 18.2. The largest absolute Gasteiger partial charge is 0.466 e. The normalized spacial score (nSPS) is 12.0. The van der Waals surface area contributed by atoms with Gasteiger partial charge in [-0.05, 0) is 27.3 Å². The highest BCUT2D eigenvalue weighted by atomic mass is 31.2. The lowest BCUT2D eigenvalue weighted by atomic mass is 9.96. The van der Waals surface area contributed by atoms with E-state index in [0.717, 1.165) is 0 Å². The Labute approximate surface area is 143 Å². The van der Waals surface area contributed by atoms with Gasteiger partial charge in [-0.15, -0.1) is 0 Å². The standard InChI is InChI=1S/C17H37N.H3O4P/c1-5-6-7-8-9-10-11-12-13-14-15-16-17(2,3)18-4;1-5(2,3)4/h18H,5-16H2,1-4H3;(H3,1,2,3,4). The Kier molecular flexibility index (Phi) is 17.2. The summed E-state index contributed by atoms with van der Waals surface area (Å²) in [6, 6.07) is 0. The van der Waals surface area contributed by atoms with Crippen molar-refractivity contribution in [2.75, 3.05) is 7.05 Å². The van der Waals surface area contributed by atoms with E-state index in [2.05, 4.69) is 33.1 Å². The lowest BCUT2D eigenvalue weighted by Gasteiger charge is -2.23. The molecule has 0 saturated carbocycles. The zero-order valence-corrected chi connectivity index (χ0v) is 16.6. The quantitative estimate of drug-likeness (QED) is 0.283. The molecule has 0 heterocycles. The summed E-state index contributed by atoms with van der Waals surface area (Å²) in [4.78, 5) is 21.6. The molecule has 4 N–H and O–H groups in total. The number of hydrogen-bond donors (Lipinski definition) is 4. The molecule has 0 bridgehead atoms. The summed E-state index contributed by atoms with van der Waals surface area (Å²) in [5.41, 5.74) is 0.333. The van der Waals surface area contributed by atoms with E-state index < -0.39 is 7.82 Å². The van der Waals surface area contributed by atoms with Crippen LogP contribution in [0.4, 0.5) is 0 Å². The van der Waals surface area contributed by atoms with E-state index in [1.807, 2.05) is 0 Å². The zero-order valence-electron chi connectivity index (χ0n) is 15.7. The summed E-state index contributed by atoms with van der Waals surface area (Å²) < 4.78 is 8.88. The molecule has 0 atom stereocenters. The second kappa shape index (κ2) is 15.6. The maximum atomic E-state index is 8.88. The van der Waals surface area contributed by atoms with Crippen LogP contribution in [0.1, 0.15) is 97.8 Å². The Balaban J connectivity index is 0. The number of nitrogens with one attached hydrogen (secondary N) is 1. The second-order valence-corrected chi connectivity index (χ2v) is 7.96. The van der Waals surface area contributed by atoms with Crippen LogP contribution in [0.25, 0.3) is 0 Å². The van der Waals surface area contributed by atoms with Gasteiger partial charge in [0.15, 0.2) is 0 Å². The van der Waals surface area contributed by atoms with Crippen molar-refractivity contribution < 1.29 is 19.2 Å². The second-order valence-electron chi connectivity index (χ2n) is 6.93. The van der Waals surface area contributed by atoms with E-state index >= 15 is 0 Å². The molecule has 0 aliphatic carbocycles. The molecule has 0 aliphatic heterocycles. The highest BCUT2D eigenvalue weighted by molar-refractivity contribution is 7.45. The van der Waals surface area contributed by atoms with Gasteiger partial charge in [-0.1, -0.05) is 77.6 Å². The third kappa shape index (κ3) is 30.5. The Morgan fingerprint density at radius 3 is 1.39 bits per heavy atom. The number of rotatable bonds is 13. The minimum Gasteiger partial charge on any atom is -0.315 e. The molecule has 142 valence electrons. The van der Waals surface area contributed by atoms with Crippen LogP contribution in [0.3, 0.4) is 0 Å². The van der Waals surface area contributed by atoms with Crippen LogP contribution in [-0.4, -0.2) is 27.3 Å². The first kappa shape index (κ1) is 25.3. The van der Waals surface area contributed by atoms with Crippen molar-refractivity contribution in [3.05, 3.63) is 0 Å². The maximum Gasteiger partial charge on any atom is 0.466 e. The van der Waals surface area contributed by atoms with Crippen molar-refractivity contribution in [1.82, 2.24) is 5.32 Å². The van der Waals surface area contributed by atoms with Crippen LogP contribution < -0.4 is 5.32 Å². The van der Waals surface area contributed by atoms with E-state index in [1.54, 1.807) is 0 Å². The average Bonchev–Trinajstić information content (AvgIpc) is 2.43. The van der Waals surface area contributed by atoms with Gasteiger partial charge in [-0.2, -0.15) is 0 Å². The Hall–Kier alpha value is 0.0700. The molecular weight excluding hydrogens is 313 g/mol. The van der Waals surface area contributed by atoms with Gasteiger partial charge in [0.25, 0.3) is 0 Å². The molecular formula is C17H40NO4P. The third-order valence-corrected chi connectivity index (χ3v) is 4.08. The highest BCUT2D eigenvalue weighted by Crippen LogP contribution is 2.25. The number of hydrogen-bond acceptors (Lipinski definition) is 2. The van der Waals surface area contributed by atoms with E-state index in [1.165, 1.54) is 77.0 Å². The smallest absolute Gasteiger partial charge is 0.315 e. The minimum atomic E-state index is -4.64. The minimum absolute atomic E-state index is 0.333. The molecule has 0 rings (SSSR count). The summed E-state index contributed by atoms with van der Waals surface area (Å²) in [6.45, 7) is 6.88. The van der Waals surface area contributed by atoms with Gasteiger partial charge < -0.3 is 20.0 Å². The molecule has 0 aromatic rings. The molecule has 0 aromatic heterocycles. The van der Waals surface area contributed by atoms with Gasteiger partial charge in [0.1, 0.15) is 0 Å². The van der Waals surface area contributed by atoms with Gasteiger partial charge in [0.2, 0.25) is 0 Å². The summed E-state index contributed by atoms with van der Waals surface area (Å²) in [7, 11) is -2.57. The van der Waals surface area contributed by atoms with Crippen molar-refractivity contribution in [2.45, 2.75) is 103 Å². The van der Waals surface area contributed by atoms with Crippen LogP contribution in [0.15, 0.2) is 0 Å². The van der Waals surface area contributed by atoms with Gasteiger partial charge in [0.05, 0.1) is 0 Å². The van der Waals surface area contributed by atoms with Crippen LogP contribution in [-0.2, 0) is 4.57 Å². The van der Waals surface area contributed by atoms with Gasteiger partial charge in [0, 0.05) is 5.54 Å². The fraction of sp³-hybridized carbons (Fsp3) is 1.00. The van der Waals surface area contributed by atoms with Gasteiger partial charge in [-0.3, -0.25) is 0 Å². The highest BCUT2D eigenvalue weighted by Gasteiger charge is 2.12. The molecule has 0 saturated heterocycles. The lowest BCUT2D eigenvalue weighted by Crippen LogP contribution is -2.35. The molecule has 0 unspecified atom stereocenters. The van der Waals surface area contributed by atoms with Crippen molar-refractivity contribution in [2.24, 2.45) is 0 Å². The first-order chi connectivity index (χ1) is 10.6. The number of unbranched alkanes of at least 4 members (excludes halogenated alkanes) is 10. The lowest BCUT2D eigenvalue weighted by molar-refractivity contribution is 0.275. The molecule has 0 amide bonds. The Bertz CT molecular complexity index is 284. The Morgan fingerprint density at radius 2 is 1.09 bits per heavy atom. The van der Waals surface area contributed by atoms with E-state index in [9.17, 15) is 0 Å². The van der Waals surface area contributed by atoms with E-state index in [0.29, 0.717) is 5.54 Å². The molecule has 0 radical (unpaired) electrons. The Morgan fingerprint density at radius 1 is 0.783 bits per heavy atom. The van der Waals surface area contributed by atoms with Crippen LogP contribution >= 0.6 is 7.82 Å². The van der Waals surface area contributed by atoms with Crippen molar-refractivity contribution in [1.29, 1.82) is 0 Å². The van der Waals surface area contributed by atoms with Crippen LogP contribution in [0, 0.1) is 0 Å². The van der Waals surface area contributed by atoms with E-state index in [4.69, 9.17) is 19.2 Å². The van der Waals surface area contributed by atoms with Crippen molar-refractivity contribution >= 4 is 7.82 Å². The van der Waals surface area contributed by atoms with Crippen molar-refractivity contribution in [3.8, 4) is 0 Å². The molecule has 0 fully saturated rings. The number of phosphoric acid groups is 1. The predicted molar refractivity (Wildman–Crippen MR) is 98.5 cm³/mol. The van der Waals surface area contributed by atoms with E-state index in [-0.39, 0.29) is 0 Å². The van der Waals surface area contributed by atoms with Gasteiger partial charge >= 0.3 is 7.82 Å². The molecule has 5 nitrogen and oxygen atoms in total.